The number of hydrogen-bond donors (Lipinski definition) is 1. The average molecular weight is 549 g/mol. The Bertz CT molecular complexity index is 1550. The second-order valence-electron chi connectivity index (χ2n) is 9.73. The van der Waals surface area contributed by atoms with Crippen LogP contribution in [0.15, 0.2) is 78.0 Å². The van der Waals surface area contributed by atoms with E-state index in [9.17, 15) is 18.4 Å². The van der Waals surface area contributed by atoms with Crippen LogP contribution < -0.4 is 10.9 Å². The smallest absolute Gasteiger partial charge is 0.271 e. The first-order chi connectivity index (χ1) is 18.8. The summed E-state index contributed by atoms with van der Waals surface area (Å²) in [5.74, 6) is -0.716. The number of aryl methyl sites for hydroxylation is 1. The zero-order valence-corrected chi connectivity index (χ0v) is 22.1. The molecule has 1 saturated heterocycles. The second-order valence-corrected chi connectivity index (χ2v) is 10.1. The standard InChI is InChI=1S/C30H27ClF2N4O2/c1-19-15-24(33)8-9-26(19)35-28-25(18-37(30(39)27(28)31)17-20-3-2-12-34-16-20)29(38)36-13-10-22(11-14-36)21-4-6-23(32)7-5-21/h2-9,12,15-16,18,22,35H,10-11,13-14,17H2,1H3. The van der Waals surface area contributed by atoms with Gasteiger partial charge >= 0.3 is 0 Å². The third-order valence-electron chi connectivity index (χ3n) is 7.10. The fourth-order valence-corrected chi connectivity index (χ4v) is 5.20. The molecule has 1 aliphatic rings. The average Bonchev–Trinajstić information content (AvgIpc) is 2.94. The van der Waals surface area contributed by atoms with E-state index in [-0.39, 0.29) is 40.5 Å². The van der Waals surface area contributed by atoms with Gasteiger partial charge in [0.1, 0.15) is 16.7 Å². The van der Waals surface area contributed by atoms with Crippen LogP contribution in [0.1, 0.15) is 45.8 Å². The van der Waals surface area contributed by atoms with Gasteiger partial charge in [-0.2, -0.15) is 0 Å². The number of nitrogens with zero attached hydrogens (tertiary/aromatic N) is 3. The van der Waals surface area contributed by atoms with Gasteiger partial charge < -0.3 is 14.8 Å². The van der Waals surface area contributed by atoms with E-state index in [2.05, 4.69) is 10.3 Å². The molecule has 6 nitrogen and oxygen atoms in total. The lowest BCUT2D eigenvalue weighted by molar-refractivity contribution is 0.0713. The number of carbonyl (C=O) groups excluding carboxylic acids is 1. The number of rotatable bonds is 6. The number of aromatic nitrogens is 2. The number of anilines is 2. The predicted octanol–water partition coefficient (Wildman–Crippen LogP) is 6.30. The number of nitrogens with one attached hydrogen (secondary N) is 1. The lowest BCUT2D eigenvalue weighted by atomic mass is 9.89. The molecule has 0 spiro atoms. The molecule has 200 valence electrons. The van der Waals surface area contributed by atoms with Gasteiger partial charge in [0, 0.05) is 37.4 Å². The van der Waals surface area contributed by atoms with E-state index in [4.69, 9.17) is 11.6 Å². The van der Waals surface area contributed by atoms with Crippen molar-refractivity contribution in [2.45, 2.75) is 32.2 Å². The molecule has 1 N–H and O–H groups in total. The number of pyridine rings is 2. The Labute approximate surface area is 229 Å². The van der Waals surface area contributed by atoms with Gasteiger partial charge in [-0.15, -0.1) is 0 Å². The topological polar surface area (TPSA) is 67.2 Å². The molecule has 0 radical (unpaired) electrons. The van der Waals surface area contributed by atoms with Crippen LogP contribution in [0.3, 0.4) is 0 Å². The van der Waals surface area contributed by atoms with Crippen LogP contribution in [0.4, 0.5) is 20.2 Å². The summed E-state index contributed by atoms with van der Waals surface area (Å²) in [6.07, 6.45) is 6.26. The Kier molecular flexibility index (Phi) is 7.74. The molecule has 3 heterocycles. The summed E-state index contributed by atoms with van der Waals surface area (Å²) >= 11 is 6.62. The zero-order chi connectivity index (χ0) is 27.5. The molecule has 0 aliphatic carbocycles. The van der Waals surface area contributed by atoms with Crippen molar-refractivity contribution in [3.8, 4) is 0 Å². The maximum atomic E-state index is 13.9. The van der Waals surface area contributed by atoms with Crippen molar-refractivity contribution in [1.82, 2.24) is 14.5 Å². The van der Waals surface area contributed by atoms with E-state index in [1.165, 1.54) is 35.0 Å². The van der Waals surface area contributed by atoms with Crippen molar-refractivity contribution in [3.05, 3.63) is 122 Å². The van der Waals surface area contributed by atoms with Gasteiger partial charge in [-0.3, -0.25) is 14.6 Å². The Hall–Kier alpha value is -4.04. The van der Waals surface area contributed by atoms with Gasteiger partial charge in [-0.05, 0) is 78.8 Å². The Morgan fingerprint density at radius 1 is 1.08 bits per heavy atom. The lowest BCUT2D eigenvalue weighted by Crippen LogP contribution is -2.39. The normalized spacial score (nSPS) is 13.9. The molecule has 4 aromatic rings. The summed E-state index contributed by atoms with van der Waals surface area (Å²) in [6, 6.07) is 14.3. The van der Waals surface area contributed by atoms with Crippen LogP contribution in [0.5, 0.6) is 0 Å². The number of hydrogen-bond acceptors (Lipinski definition) is 4. The first-order valence-corrected chi connectivity index (χ1v) is 13.1. The molecule has 0 atom stereocenters. The maximum absolute atomic E-state index is 13.9. The molecule has 2 aromatic heterocycles. The fraction of sp³-hybridized carbons (Fsp3) is 0.233. The second kappa shape index (κ2) is 11.4. The Morgan fingerprint density at radius 3 is 2.46 bits per heavy atom. The van der Waals surface area contributed by atoms with E-state index in [0.29, 0.717) is 24.3 Å². The van der Waals surface area contributed by atoms with E-state index in [1.54, 1.807) is 48.5 Å². The third-order valence-corrected chi connectivity index (χ3v) is 7.45. The minimum atomic E-state index is -0.464. The molecule has 0 bridgehead atoms. The van der Waals surface area contributed by atoms with Crippen molar-refractivity contribution in [2.24, 2.45) is 0 Å². The van der Waals surface area contributed by atoms with E-state index >= 15 is 0 Å². The molecule has 5 rings (SSSR count). The highest BCUT2D eigenvalue weighted by molar-refractivity contribution is 6.34. The van der Waals surface area contributed by atoms with Crippen LogP contribution >= 0.6 is 11.6 Å². The molecule has 0 unspecified atom stereocenters. The molecule has 1 fully saturated rings. The first-order valence-electron chi connectivity index (χ1n) is 12.7. The van der Waals surface area contributed by atoms with E-state index in [1.807, 2.05) is 6.07 Å². The maximum Gasteiger partial charge on any atom is 0.271 e. The van der Waals surface area contributed by atoms with Crippen LogP contribution in [0, 0.1) is 18.6 Å². The highest BCUT2D eigenvalue weighted by atomic mass is 35.5. The number of carbonyl (C=O) groups is 1. The molecular formula is C30H27ClF2N4O2. The molecule has 2 aromatic carbocycles. The minimum absolute atomic E-state index is 0.130. The fourth-order valence-electron chi connectivity index (χ4n) is 4.94. The van der Waals surface area contributed by atoms with Gasteiger partial charge in [-0.25, -0.2) is 8.78 Å². The van der Waals surface area contributed by atoms with Crippen molar-refractivity contribution in [1.29, 1.82) is 0 Å². The molecule has 1 amide bonds. The van der Waals surface area contributed by atoms with Crippen LogP contribution in [0.2, 0.25) is 5.02 Å². The summed E-state index contributed by atoms with van der Waals surface area (Å²) in [5, 5.41) is 2.99. The van der Waals surface area contributed by atoms with Gasteiger partial charge in [0.05, 0.1) is 17.8 Å². The van der Waals surface area contributed by atoms with Crippen molar-refractivity contribution < 1.29 is 13.6 Å². The highest BCUT2D eigenvalue weighted by Crippen LogP contribution is 2.33. The quantitative estimate of drug-likeness (QED) is 0.307. The first kappa shape index (κ1) is 26.6. The summed E-state index contributed by atoms with van der Waals surface area (Å²) in [4.78, 5) is 33.0. The molecule has 0 saturated carbocycles. The van der Waals surface area contributed by atoms with Gasteiger partial charge in [0.25, 0.3) is 11.5 Å². The summed E-state index contributed by atoms with van der Waals surface area (Å²) in [5.41, 5.74) is 2.93. The number of halogens is 3. The summed E-state index contributed by atoms with van der Waals surface area (Å²) in [6.45, 7) is 2.91. The van der Waals surface area contributed by atoms with Crippen LogP contribution in [0.25, 0.3) is 0 Å². The number of benzene rings is 2. The highest BCUT2D eigenvalue weighted by Gasteiger charge is 2.28. The summed E-state index contributed by atoms with van der Waals surface area (Å²) < 4.78 is 28.5. The van der Waals surface area contributed by atoms with Crippen molar-refractivity contribution >= 4 is 28.9 Å². The van der Waals surface area contributed by atoms with Gasteiger partial charge in [0.2, 0.25) is 0 Å². The van der Waals surface area contributed by atoms with Crippen molar-refractivity contribution in [2.75, 3.05) is 18.4 Å². The molecule has 9 heteroatoms. The third kappa shape index (κ3) is 5.86. The van der Waals surface area contributed by atoms with Crippen LogP contribution in [-0.2, 0) is 6.54 Å². The number of piperidine rings is 1. The van der Waals surface area contributed by atoms with E-state index in [0.717, 1.165) is 24.0 Å². The number of likely N-dealkylation sites (tertiary alicyclic amines) is 1. The van der Waals surface area contributed by atoms with E-state index < -0.39 is 11.4 Å². The Morgan fingerprint density at radius 2 is 1.79 bits per heavy atom. The minimum Gasteiger partial charge on any atom is -0.353 e. The number of amides is 1. The SMILES string of the molecule is Cc1cc(F)ccc1Nc1c(C(=O)N2CCC(c3ccc(F)cc3)CC2)cn(Cc2cccnc2)c(=O)c1Cl. The summed E-state index contributed by atoms with van der Waals surface area (Å²) in [7, 11) is 0. The largest absolute Gasteiger partial charge is 0.353 e. The lowest BCUT2D eigenvalue weighted by Gasteiger charge is -2.33. The monoisotopic (exact) mass is 548 g/mol. The zero-order valence-electron chi connectivity index (χ0n) is 21.3. The van der Waals surface area contributed by atoms with Crippen molar-refractivity contribution in [3.63, 3.8) is 0 Å². The molecule has 39 heavy (non-hydrogen) atoms. The Balaban J connectivity index is 1.47. The van der Waals surface area contributed by atoms with Gasteiger partial charge in [0.15, 0.2) is 0 Å². The molecular weight excluding hydrogens is 522 g/mol. The predicted molar refractivity (Wildman–Crippen MR) is 148 cm³/mol. The van der Waals surface area contributed by atoms with Gasteiger partial charge in [-0.1, -0.05) is 29.8 Å². The molecule has 1 aliphatic heterocycles. The van der Waals surface area contributed by atoms with Crippen LogP contribution in [-0.4, -0.2) is 33.4 Å².